The number of carbonyl (C=O) groups is 1. The monoisotopic (exact) mass is 342 g/mol. The Kier molecular flexibility index (Phi) is 5.41. The molecular formula is C20H26N2O3. The normalized spacial score (nSPS) is 20.3. The van der Waals surface area contributed by atoms with Crippen molar-refractivity contribution in [2.75, 3.05) is 0 Å². The zero-order valence-corrected chi connectivity index (χ0v) is 15.2. The van der Waals surface area contributed by atoms with Gasteiger partial charge in [0.1, 0.15) is 18.1 Å². The van der Waals surface area contributed by atoms with Gasteiger partial charge in [-0.05, 0) is 56.9 Å². The first-order valence-corrected chi connectivity index (χ1v) is 9.00. The van der Waals surface area contributed by atoms with Crippen molar-refractivity contribution >= 4 is 5.91 Å². The molecule has 1 amide bonds. The first kappa shape index (κ1) is 17.5. The van der Waals surface area contributed by atoms with E-state index in [0.29, 0.717) is 18.1 Å². The van der Waals surface area contributed by atoms with Crippen molar-refractivity contribution in [3.05, 3.63) is 46.8 Å². The van der Waals surface area contributed by atoms with Crippen molar-refractivity contribution < 1.29 is 14.1 Å². The summed E-state index contributed by atoms with van der Waals surface area (Å²) in [5.41, 5.74) is 2.48. The smallest absolute Gasteiger partial charge is 0.251 e. The summed E-state index contributed by atoms with van der Waals surface area (Å²) in [5, 5.41) is 7.09. The van der Waals surface area contributed by atoms with E-state index in [2.05, 4.69) is 17.4 Å². The molecule has 134 valence electrons. The standard InChI is InChI=1S/C20H26N2O3/c1-13-6-4-5-7-19(13)21-20(23)16-8-10-17(11-9-16)24-12-18-14(2)22-25-15(18)3/h8-11,13,19H,4-7,12H2,1-3H3,(H,21,23)/t13-,19+/m0/s1. The lowest BCUT2D eigenvalue weighted by atomic mass is 9.86. The molecule has 5 heteroatoms. The van der Waals surface area contributed by atoms with Gasteiger partial charge in [0, 0.05) is 11.6 Å². The molecule has 1 aromatic heterocycles. The van der Waals surface area contributed by atoms with Gasteiger partial charge in [-0.25, -0.2) is 0 Å². The van der Waals surface area contributed by atoms with E-state index in [1.165, 1.54) is 19.3 Å². The van der Waals surface area contributed by atoms with Gasteiger partial charge in [-0.2, -0.15) is 0 Å². The Morgan fingerprint density at radius 1 is 1.24 bits per heavy atom. The lowest BCUT2D eigenvalue weighted by molar-refractivity contribution is 0.0910. The van der Waals surface area contributed by atoms with Crippen molar-refractivity contribution in [1.82, 2.24) is 10.5 Å². The summed E-state index contributed by atoms with van der Waals surface area (Å²) in [5.74, 6) is 2.05. The second kappa shape index (κ2) is 7.72. The maximum Gasteiger partial charge on any atom is 0.251 e. The van der Waals surface area contributed by atoms with Gasteiger partial charge in [0.15, 0.2) is 0 Å². The van der Waals surface area contributed by atoms with Crippen LogP contribution in [0, 0.1) is 19.8 Å². The fourth-order valence-electron chi connectivity index (χ4n) is 3.35. The van der Waals surface area contributed by atoms with Gasteiger partial charge in [-0.15, -0.1) is 0 Å². The third-order valence-electron chi connectivity index (χ3n) is 5.11. The average molecular weight is 342 g/mol. The molecule has 0 unspecified atom stereocenters. The molecule has 0 saturated heterocycles. The predicted molar refractivity (Wildman–Crippen MR) is 95.6 cm³/mol. The zero-order chi connectivity index (χ0) is 17.8. The SMILES string of the molecule is Cc1noc(C)c1COc1ccc(C(=O)N[C@@H]2CCCC[C@@H]2C)cc1. The molecule has 1 heterocycles. The molecule has 1 aliphatic rings. The van der Waals surface area contributed by atoms with Crippen LogP contribution in [0.3, 0.4) is 0 Å². The molecule has 1 saturated carbocycles. The first-order valence-electron chi connectivity index (χ1n) is 9.00. The number of rotatable bonds is 5. The Labute approximate surface area is 148 Å². The Morgan fingerprint density at radius 2 is 1.96 bits per heavy atom. The topological polar surface area (TPSA) is 64.4 Å². The summed E-state index contributed by atoms with van der Waals surface area (Å²) < 4.78 is 10.9. The van der Waals surface area contributed by atoms with Crippen LogP contribution in [0.4, 0.5) is 0 Å². The van der Waals surface area contributed by atoms with Gasteiger partial charge in [-0.3, -0.25) is 4.79 Å². The molecule has 0 radical (unpaired) electrons. The number of hydrogen-bond acceptors (Lipinski definition) is 4. The molecule has 1 aromatic carbocycles. The number of nitrogens with one attached hydrogen (secondary N) is 1. The zero-order valence-electron chi connectivity index (χ0n) is 15.2. The molecule has 25 heavy (non-hydrogen) atoms. The van der Waals surface area contributed by atoms with Gasteiger partial charge < -0.3 is 14.6 Å². The second-order valence-corrected chi connectivity index (χ2v) is 6.96. The minimum absolute atomic E-state index is 0.00368. The highest BCUT2D eigenvalue weighted by molar-refractivity contribution is 5.94. The van der Waals surface area contributed by atoms with Crippen LogP contribution < -0.4 is 10.1 Å². The summed E-state index contributed by atoms with van der Waals surface area (Å²) in [6, 6.07) is 7.57. The van der Waals surface area contributed by atoms with E-state index < -0.39 is 0 Å². The van der Waals surface area contributed by atoms with Crippen LogP contribution in [0.25, 0.3) is 0 Å². The Bertz CT molecular complexity index is 702. The Hall–Kier alpha value is -2.30. The quantitative estimate of drug-likeness (QED) is 0.885. The van der Waals surface area contributed by atoms with Crippen molar-refractivity contribution in [2.45, 2.75) is 59.1 Å². The van der Waals surface area contributed by atoms with Crippen molar-refractivity contribution in [3.63, 3.8) is 0 Å². The molecule has 2 atom stereocenters. The van der Waals surface area contributed by atoms with Crippen LogP contribution in [-0.4, -0.2) is 17.1 Å². The number of ether oxygens (including phenoxy) is 1. The van der Waals surface area contributed by atoms with E-state index in [-0.39, 0.29) is 11.9 Å². The maximum absolute atomic E-state index is 12.4. The molecule has 1 aliphatic carbocycles. The van der Waals surface area contributed by atoms with Crippen LogP contribution in [0.2, 0.25) is 0 Å². The van der Waals surface area contributed by atoms with E-state index in [9.17, 15) is 4.79 Å². The Balaban J connectivity index is 1.57. The minimum atomic E-state index is -0.00368. The van der Waals surface area contributed by atoms with Gasteiger partial charge in [0.05, 0.1) is 11.3 Å². The van der Waals surface area contributed by atoms with E-state index in [4.69, 9.17) is 9.26 Å². The lowest BCUT2D eigenvalue weighted by Gasteiger charge is -2.29. The largest absolute Gasteiger partial charge is 0.489 e. The van der Waals surface area contributed by atoms with E-state index in [0.717, 1.165) is 29.2 Å². The molecular weight excluding hydrogens is 316 g/mol. The van der Waals surface area contributed by atoms with Crippen LogP contribution in [0.1, 0.15) is 60.0 Å². The van der Waals surface area contributed by atoms with Gasteiger partial charge in [-0.1, -0.05) is 24.9 Å². The summed E-state index contributed by atoms with van der Waals surface area (Å²) >= 11 is 0. The summed E-state index contributed by atoms with van der Waals surface area (Å²) in [7, 11) is 0. The predicted octanol–water partition coefficient (Wildman–Crippen LogP) is 4.18. The molecule has 0 spiro atoms. The average Bonchev–Trinajstić information content (AvgIpc) is 2.93. The van der Waals surface area contributed by atoms with Crippen molar-refractivity contribution in [2.24, 2.45) is 5.92 Å². The molecule has 2 aromatic rings. The second-order valence-electron chi connectivity index (χ2n) is 6.96. The third kappa shape index (κ3) is 4.21. The van der Waals surface area contributed by atoms with Gasteiger partial charge in [0.2, 0.25) is 0 Å². The number of carbonyl (C=O) groups excluding carboxylic acids is 1. The third-order valence-corrected chi connectivity index (χ3v) is 5.11. The highest BCUT2D eigenvalue weighted by atomic mass is 16.5. The minimum Gasteiger partial charge on any atom is -0.489 e. The molecule has 3 rings (SSSR count). The van der Waals surface area contributed by atoms with Gasteiger partial charge >= 0.3 is 0 Å². The highest BCUT2D eigenvalue weighted by Crippen LogP contribution is 2.24. The lowest BCUT2D eigenvalue weighted by Crippen LogP contribution is -2.41. The Morgan fingerprint density at radius 3 is 2.60 bits per heavy atom. The summed E-state index contributed by atoms with van der Waals surface area (Å²) in [6.45, 7) is 6.40. The van der Waals surface area contributed by atoms with E-state index >= 15 is 0 Å². The number of aryl methyl sites for hydroxylation is 2. The van der Waals surface area contributed by atoms with Crippen LogP contribution >= 0.6 is 0 Å². The number of hydrogen-bond donors (Lipinski definition) is 1. The number of benzene rings is 1. The maximum atomic E-state index is 12.4. The number of aromatic nitrogens is 1. The van der Waals surface area contributed by atoms with Crippen LogP contribution in [0.15, 0.2) is 28.8 Å². The first-order chi connectivity index (χ1) is 12.0. The van der Waals surface area contributed by atoms with Gasteiger partial charge in [0.25, 0.3) is 5.91 Å². The molecule has 0 bridgehead atoms. The fourth-order valence-corrected chi connectivity index (χ4v) is 3.35. The molecule has 1 fully saturated rings. The summed E-state index contributed by atoms with van der Waals surface area (Å²) in [6.07, 6.45) is 4.74. The molecule has 0 aliphatic heterocycles. The van der Waals surface area contributed by atoms with E-state index in [1.54, 1.807) is 0 Å². The molecule has 5 nitrogen and oxygen atoms in total. The van der Waals surface area contributed by atoms with E-state index in [1.807, 2.05) is 38.1 Å². The van der Waals surface area contributed by atoms with Crippen molar-refractivity contribution in [1.29, 1.82) is 0 Å². The summed E-state index contributed by atoms with van der Waals surface area (Å²) in [4.78, 5) is 12.4. The number of amides is 1. The molecule has 1 N–H and O–H groups in total. The highest BCUT2D eigenvalue weighted by Gasteiger charge is 2.23. The van der Waals surface area contributed by atoms with Crippen LogP contribution in [0.5, 0.6) is 5.75 Å². The fraction of sp³-hybridized carbons (Fsp3) is 0.500. The van der Waals surface area contributed by atoms with Crippen molar-refractivity contribution in [3.8, 4) is 5.75 Å². The number of nitrogens with zero attached hydrogens (tertiary/aromatic N) is 1. The van der Waals surface area contributed by atoms with Crippen LogP contribution in [-0.2, 0) is 6.61 Å².